The van der Waals surface area contributed by atoms with Crippen LogP contribution in [0.2, 0.25) is 0 Å². The van der Waals surface area contributed by atoms with Crippen molar-refractivity contribution in [3.8, 4) is 5.75 Å². The Morgan fingerprint density at radius 1 is 1.24 bits per heavy atom. The third kappa shape index (κ3) is 6.95. The summed E-state index contributed by atoms with van der Waals surface area (Å²) in [6.45, 7) is 9.94. The zero-order valence-electron chi connectivity index (χ0n) is 13.3. The number of aryl methyl sites for hydroxylation is 1. The van der Waals surface area contributed by atoms with E-state index in [0.717, 1.165) is 29.9 Å². The lowest BCUT2D eigenvalue weighted by Gasteiger charge is -2.38. The number of hydrogen-bond acceptors (Lipinski definition) is 3. The van der Waals surface area contributed by atoms with Crippen LogP contribution in [0.5, 0.6) is 5.75 Å². The van der Waals surface area contributed by atoms with Crippen LogP contribution in [-0.2, 0) is 0 Å². The highest BCUT2D eigenvalue weighted by molar-refractivity contribution is 5.27. The van der Waals surface area contributed by atoms with Crippen LogP contribution in [0.15, 0.2) is 24.3 Å². The third-order valence-corrected chi connectivity index (χ3v) is 3.97. The highest BCUT2D eigenvalue weighted by Crippen LogP contribution is 2.14. The molecule has 0 fully saturated rings. The minimum atomic E-state index is -0.658. The number of nitrogens with zero attached hydrogens (tertiary/aromatic N) is 1. The van der Waals surface area contributed by atoms with Gasteiger partial charge in [-0.15, -0.1) is 0 Å². The predicted octanol–water partition coefficient (Wildman–Crippen LogP) is -1.41. The molecule has 1 rings (SSSR count). The number of aliphatic hydroxyl groups is 2. The highest BCUT2D eigenvalue weighted by atomic mass is 127. The number of benzene rings is 1. The van der Waals surface area contributed by atoms with E-state index >= 15 is 0 Å². The Morgan fingerprint density at radius 3 is 2.43 bits per heavy atom. The summed E-state index contributed by atoms with van der Waals surface area (Å²) in [5.74, 6) is 0.887. The summed E-state index contributed by atoms with van der Waals surface area (Å²) in [6.07, 6.45) is -0.658. The maximum Gasteiger partial charge on any atom is 0.137 e. The van der Waals surface area contributed by atoms with Crippen LogP contribution in [0.1, 0.15) is 19.4 Å². The molecule has 1 atom stereocenters. The molecule has 1 aromatic carbocycles. The second kappa shape index (κ2) is 10.4. The van der Waals surface area contributed by atoms with Gasteiger partial charge in [0.05, 0.1) is 19.7 Å². The molecular formula is C16H28INO3. The molecule has 2 N–H and O–H groups in total. The lowest BCUT2D eigenvalue weighted by atomic mass is 10.2. The Balaban J connectivity index is 0.00000400. The molecule has 0 saturated heterocycles. The first kappa shape index (κ1) is 20.6. The van der Waals surface area contributed by atoms with Crippen LogP contribution in [0.25, 0.3) is 0 Å². The average molecular weight is 409 g/mol. The van der Waals surface area contributed by atoms with Crippen molar-refractivity contribution in [1.82, 2.24) is 0 Å². The highest BCUT2D eigenvalue weighted by Gasteiger charge is 2.26. The van der Waals surface area contributed by atoms with Crippen molar-refractivity contribution in [2.75, 3.05) is 39.4 Å². The van der Waals surface area contributed by atoms with Gasteiger partial charge in [-0.2, -0.15) is 0 Å². The molecule has 0 heterocycles. The summed E-state index contributed by atoms with van der Waals surface area (Å²) in [7, 11) is 0. The van der Waals surface area contributed by atoms with Gasteiger partial charge in [-0.25, -0.2) is 0 Å². The molecule has 1 unspecified atom stereocenters. The minimum Gasteiger partial charge on any atom is -1.00 e. The molecule has 0 aliphatic carbocycles. The van der Waals surface area contributed by atoms with Crippen LogP contribution >= 0.6 is 0 Å². The maximum atomic E-state index is 9.70. The van der Waals surface area contributed by atoms with E-state index in [-0.39, 0.29) is 30.6 Å². The Kier molecular flexibility index (Phi) is 10.2. The molecule has 4 nitrogen and oxygen atoms in total. The lowest BCUT2D eigenvalue weighted by molar-refractivity contribution is -0.927. The summed E-state index contributed by atoms with van der Waals surface area (Å²) in [5.41, 5.74) is 1.19. The SMILES string of the molecule is CC[N+](CC)(CCOc1cccc(C)c1)CC(O)CO.[I-]. The number of hydrogen-bond donors (Lipinski definition) is 2. The standard InChI is InChI=1S/C16H28NO3.HI/c1-4-17(5-2,12-15(19)13-18)9-10-20-16-8-6-7-14(3)11-16;/h6-8,11,15,18-19H,4-5,9-10,12-13H2,1-3H3;1H/q+1;/p-1. The van der Waals surface area contributed by atoms with Crippen molar-refractivity contribution in [3.05, 3.63) is 29.8 Å². The average Bonchev–Trinajstić information content (AvgIpc) is 2.46. The second-order valence-corrected chi connectivity index (χ2v) is 5.38. The van der Waals surface area contributed by atoms with Crippen molar-refractivity contribution >= 4 is 0 Å². The van der Waals surface area contributed by atoms with Gasteiger partial charge < -0.3 is 43.4 Å². The number of likely N-dealkylation sites (N-methyl/N-ethyl adjacent to an activating group) is 1. The van der Waals surface area contributed by atoms with Crippen LogP contribution in [-0.4, -0.2) is 60.2 Å². The van der Waals surface area contributed by atoms with Crippen LogP contribution < -0.4 is 28.7 Å². The van der Waals surface area contributed by atoms with Gasteiger partial charge >= 0.3 is 0 Å². The van der Waals surface area contributed by atoms with Crippen molar-refractivity contribution in [1.29, 1.82) is 0 Å². The molecule has 1 aromatic rings. The van der Waals surface area contributed by atoms with E-state index in [0.29, 0.717) is 13.2 Å². The number of rotatable bonds is 9. The topological polar surface area (TPSA) is 49.7 Å². The Labute approximate surface area is 145 Å². The number of quaternary nitrogens is 1. The quantitative estimate of drug-likeness (QED) is 0.389. The monoisotopic (exact) mass is 409 g/mol. The zero-order valence-corrected chi connectivity index (χ0v) is 15.4. The van der Waals surface area contributed by atoms with Gasteiger partial charge in [0.2, 0.25) is 0 Å². The van der Waals surface area contributed by atoms with Crippen molar-refractivity contribution < 1.29 is 43.4 Å². The second-order valence-electron chi connectivity index (χ2n) is 5.38. The molecule has 0 aliphatic rings. The van der Waals surface area contributed by atoms with Gasteiger partial charge in [-0.1, -0.05) is 12.1 Å². The molecule has 0 aromatic heterocycles. The Morgan fingerprint density at radius 2 is 1.90 bits per heavy atom. The van der Waals surface area contributed by atoms with Crippen LogP contribution in [0.4, 0.5) is 0 Å². The summed E-state index contributed by atoms with van der Waals surface area (Å²) in [6, 6.07) is 8.02. The molecular weight excluding hydrogens is 381 g/mol. The molecule has 122 valence electrons. The van der Waals surface area contributed by atoms with E-state index in [4.69, 9.17) is 9.84 Å². The van der Waals surface area contributed by atoms with E-state index in [2.05, 4.69) is 13.8 Å². The van der Waals surface area contributed by atoms with Crippen molar-refractivity contribution in [3.63, 3.8) is 0 Å². The normalized spacial score (nSPS) is 12.6. The van der Waals surface area contributed by atoms with Gasteiger partial charge in [0.15, 0.2) is 0 Å². The molecule has 0 saturated carbocycles. The first-order chi connectivity index (χ1) is 9.55. The fourth-order valence-electron chi connectivity index (χ4n) is 2.46. The van der Waals surface area contributed by atoms with Gasteiger partial charge in [0.25, 0.3) is 0 Å². The summed E-state index contributed by atoms with van der Waals surface area (Å²) >= 11 is 0. The zero-order chi connectivity index (χ0) is 15.0. The molecule has 0 spiro atoms. The number of halogens is 1. The van der Waals surface area contributed by atoms with Crippen molar-refractivity contribution in [2.45, 2.75) is 26.9 Å². The molecule has 0 aliphatic heterocycles. The fraction of sp³-hybridized carbons (Fsp3) is 0.625. The van der Waals surface area contributed by atoms with E-state index in [1.54, 1.807) is 0 Å². The molecule has 0 amide bonds. The van der Waals surface area contributed by atoms with Crippen molar-refractivity contribution in [2.24, 2.45) is 0 Å². The molecule has 0 radical (unpaired) electrons. The van der Waals surface area contributed by atoms with E-state index in [1.807, 2.05) is 31.2 Å². The minimum absolute atomic E-state index is 0. The first-order valence-electron chi connectivity index (χ1n) is 7.38. The smallest absolute Gasteiger partial charge is 0.137 e. The summed E-state index contributed by atoms with van der Waals surface area (Å²) in [4.78, 5) is 0. The van der Waals surface area contributed by atoms with Crippen LogP contribution in [0.3, 0.4) is 0 Å². The number of ether oxygens (including phenoxy) is 1. The largest absolute Gasteiger partial charge is 1.00 e. The van der Waals surface area contributed by atoms with Gasteiger partial charge in [0, 0.05) is 0 Å². The first-order valence-corrected chi connectivity index (χ1v) is 7.38. The lowest BCUT2D eigenvalue weighted by Crippen LogP contribution is -3.00. The van der Waals surface area contributed by atoms with E-state index < -0.39 is 6.10 Å². The predicted molar refractivity (Wildman–Crippen MR) is 80.8 cm³/mol. The Bertz CT molecular complexity index is 397. The molecule has 5 heteroatoms. The maximum absolute atomic E-state index is 9.70. The summed E-state index contributed by atoms with van der Waals surface area (Å²) < 4.78 is 6.56. The summed E-state index contributed by atoms with van der Waals surface area (Å²) in [5, 5.41) is 18.7. The number of aliphatic hydroxyl groups excluding tert-OH is 2. The molecule has 0 bridgehead atoms. The van der Waals surface area contributed by atoms with E-state index in [1.165, 1.54) is 5.56 Å². The third-order valence-electron chi connectivity index (χ3n) is 3.97. The van der Waals surface area contributed by atoms with Gasteiger partial charge in [0.1, 0.15) is 31.5 Å². The van der Waals surface area contributed by atoms with E-state index in [9.17, 15) is 5.11 Å². The van der Waals surface area contributed by atoms with Gasteiger partial charge in [-0.3, -0.25) is 0 Å². The Hall–Kier alpha value is -0.370. The fourth-order valence-corrected chi connectivity index (χ4v) is 2.46. The van der Waals surface area contributed by atoms with Crippen LogP contribution in [0, 0.1) is 6.92 Å². The van der Waals surface area contributed by atoms with Gasteiger partial charge in [-0.05, 0) is 38.5 Å². The molecule has 21 heavy (non-hydrogen) atoms.